The SMILES string of the molecule is CNc1nc(NCCCCO)c2[nH]cnc2n1. The van der Waals surface area contributed by atoms with E-state index in [4.69, 9.17) is 5.11 Å². The van der Waals surface area contributed by atoms with Crippen LogP contribution in [0.2, 0.25) is 0 Å². The first kappa shape index (κ1) is 11.6. The van der Waals surface area contributed by atoms with Crippen LogP contribution in [0, 0.1) is 0 Å². The zero-order valence-corrected chi connectivity index (χ0v) is 9.69. The van der Waals surface area contributed by atoms with Gasteiger partial charge in [-0.2, -0.15) is 9.97 Å². The first-order valence-electron chi connectivity index (χ1n) is 5.58. The molecule has 0 amide bonds. The molecule has 17 heavy (non-hydrogen) atoms. The van der Waals surface area contributed by atoms with E-state index in [9.17, 15) is 0 Å². The van der Waals surface area contributed by atoms with E-state index < -0.39 is 0 Å². The van der Waals surface area contributed by atoms with Gasteiger partial charge in [-0.25, -0.2) is 4.98 Å². The molecule has 0 unspecified atom stereocenters. The topological polar surface area (TPSA) is 98.8 Å². The molecule has 92 valence electrons. The molecular weight excluding hydrogens is 220 g/mol. The van der Waals surface area contributed by atoms with Crippen molar-refractivity contribution >= 4 is 22.9 Å². The van der Waals surface area contributed by atoms with Crippen LogP contribution in [0.1, 0.15) is 12.8 Å². The number of aromatic nitrogens is 4. The highest BCUT2D eigenvalue weighted by Gasteiger charge is 2.08. The molecule has 4 N–H and O–H groups in total. The third kappa shape index (κ3) is 2.62. The lowest BCUT2D eigenvalue weighted by atomic mass is 10.3. The standard InChI is InChI=1S/C10H16N6O/c1-11-10-15-8(12-4-2-3-5-17)7-9(16-10)14-6-13-7/h6,17H,2-5H2,1H3,(H3,11,12,13,14,15,16). The average Bonchev–Trinajstić information content (AvgIpc) is 2.82. The van der Waals surface area contributed by atoms with Crippen LogP contribution in [0.15, 0.2) is 6.33 Å². The molecule has 2 aromatic rings. The molecular formula is C10H16N6O. The summed E-state index contributed by atoms with van der Waals surface area (Å²) in [6.45, 7) is 0.974. The highest BCUT2D eigenvalue weighted by atomic mass is 16.2. The van der Waals surface area contributed by atoms with Crippen molar-refractivity contribution < 1.29 is 5.11 Å². The Morgan fingerprint density at radius 3 is 3.00 bits per heavy atom. The van der Waals surface area contributed by atoms with Crippen molar-refractivity contribution in [3.8, 4) is 0 Å². The number of nitrogens with zero attached hydrogens (tertiary/aromatic N) is 3. The second kappa shape index (κ2) is 5.44. The van der Waals surface area contributed by atoms with Crippen LogP contribution in [0.5, 0.6) is 0 Å². The van der Waals surface area contributed by atoms with Crippen LogP contribution >= 0.6 is 0 Å². The second-order valence-electron chi connectivity index (χ2n) is 3.60. The number of hydrogen-bond acceptors (Lipinski definition) is 6. The van der Waals surface area contributed by atoms with E-state index in [2.05, 4.69) is 30.6 Å². The number of aromatic amines is 1. The number of hydrogen-bond donors (Lipinski definition) is 4. The van der Waals surface area contributed by atoms with Gasteiger partial charge in [-0.1, -0.05) is 0 Å². The molecule has 0 aliphatic carbocycles. The molecule has 0 radical (unpaired) electrons. The summed E-state index contributed by atoms with van der Waals surface area (Å²) in [7, 11) is 1.77. The summed E-state index contributed by atoms with van der Waals surface area (Å²) >= 11 is 0. The van der Waals surface area contributed by atoms with Crippen LogP contribution in [-0.4, -0.2) is 45.2 Å². The zero-order valence-electron chi connectivity index (χ0n) is 9.69. The minimum Gasteiger partial charge on any atom is -0.396 e. The highest BCUT2D eigenvalue weighted by Crippen LogP contribution is 2.18. The van der Waals surface area contributed by atoms with Gasteiger partial charge in [0.1, 0.15) is 5.52 Å². The maximum Gasteiger partial charge on any atom is 0.226 e. The van der Waals surface area contributed by atoms with E-state index in [-0.39, 0.29) is 6.61 Å². The van der Waals surface area contributed by atoms with Gasteiger partial charge >= 0.3 is 0 Å². The number of fused-ring (bicyclic) bond motifs is 1. The van der Waals surface area contributed by atoms with Crippen LogP contribution in [-0.2, 0) is 0 Å². The first-order valence-corrected chi connectivity index (χ1v) is 5.58. The van der Waals surface area contributed by atoms with Crippen molar-refractivity contribution in [3.63, 3.8) is 0 Å². The lowest BCUT2D eigenvalue weighted by molar-refractivity contribution is 0.286. The van der Waals surface area contributed by atoms with E-state index in [1.165, 1.54) is 0 Å². The van der Waals surface area contributed by atoms with Crippen molar-refractivity contribution in [1.29, 1.82) is 0 Å². The van der Waals surface area contributed by atoms with Gasteiger partial charge in [0.25, 0.3) is 0 Å². The fourth-order valence-electron chi connectivity index (χ4n) is 1.52. The predicted octanol–water partition coefficient (Wildman–Crippen LogP) is 0.579. The van der Waals surface area contributed by atoms with Gasteiger partial charge in [0, 0.05) is 20.2 Å². The van der Waals surface area contributed by atoms with Crippen molar-refractivity contribution in [3.05, 3.63) is 6.33 Å². The van der Waals surface area contributed by atoms with E-state index in [0.717, 1.165) is 30.7 Å². The van der Waals surface area contributed by atoms with Gasteiger partial charge in [0.15, 0.2) is 11.5 Å². The van der Waals surface area contributed by atoms with E-state index in [1.54, 1.807) is 13.4 Å². The third-order valence-corrected chi connectivity index (χ3v) is 2.39. The number of imidazole rings is 1. The van der Waals surface area contributed by atoms with E-state index in [0.29, 0.717) is 11.6 Å². The number of nitrogens with one attached hydrogen (secondary N) is 3. The maximum absolute atomic E-state index is 8.70. The fourth-order valence-corrected chi connectivity index (χ4v) is 1.52. The number of unbranched alkanes of at least 4 members (excludes halogenated alkanes) is 1. The Kier molecular flexibility index (Phi) is 3.71. The number of rotatable bonds is 6. The molecule has 2 aromatic heterocycles. The predicted molar refractivity (Wildman–Crippen MR) is 66.0 cm³/mol. The molecule has 0 saturated heterocycles. The minimum atomic E-state index is 0.215. The largest absolute Gasteiger partial charge is 0.396 e. The molecule has 0 saturated carbocycles. The van der Waals surface area contributed by atoms with Crippen molar-refractivity contribution in [1.82, 2.24) is 19.9 Å². The summed E-state index contributed by atoms with van der Waals surface area (Å²) in [6, 6.07) is 0. The highest BCUT2D eigenvalue weighted by molar-refractivity contribution is 5.83. The second-order valence-corrected chi connectivity index (χ2v) is 3.60. The summed E-state index contributed by atoms with van der Waals surface area (Å²) in [5.74, 6) is 1.27. The van der Waals surface area contributed by atoms with Gasteiger partial charge < -0.3 is 20.7 Å². The monoisotopic (exact) mass is 236 g/mol. The Labute approximate surface area is 98.7 Å². The van der Waals surface area contributed by atoms with Gasteiger partial charge in [0.05, 0.1) is 6.33 Å². The number of aliphatic hydroxyl groups is 1. The summed E-state index contributed by atoms with van der Waals surface area (Å²) in [5.41, 5.74) is 1.43. The van der Waals surface area contributed by atoms with Crippen molar-refractivity contribution in [2.45, 2.75) is 12.8 Å². The molecule has 2 heterocycles. The first-order chi connectivity index (χ1) is 8.35. The molecule has 7 nitrogen and oxygen atoms in total. The van der Waals surface area contributed by atoms with Gasteiger partial charge in [-0.15, -0.1) is 0 Å². The molecule has 0 spiro atoms. The Bertz CT molecular complexity index is 483. The van der Waals surface area contributed by atoms with Crippen molar-refractivity contribution in [2.24, 2.45) is 0 Å². The van der Waals surface area contributed by atoms with Crippen LogP contribution in [0.3, 0.4) is 0 Å². The summed E-state index contributed by atoms with van der Waals surface area (Å²) in [4.78, 5) is 15.6. The van der Waals surface area contributed by atoms with Gasteiger partial charge in [-0.05, 0) is 12.8 Å². The molecule has 7 heteroatoms. The Morgan fingerprint density at radius 2 is 2.24 bits per heavy atom. The summed E-state index contributed by atoms with van der Waals surface area (Å²) in [5, 5.41) is 14.8. The lowest BCUT2D eigenvalue weighted by Crippen LogP contribution is -2.07. The molecule has 0 atom stereocenters. The molecule has 0 aliphatic rings. The number of aliphatic hydroxyl groups excluding tert-OH is 1. The number of H-pyrrole nitrogens is 1. The van der Waals surface area contributed by atoms with E-state index in [1.807, 2.05) is 0 Å². The normalized spacial score (nSPS) is 10.7. The fraction of sp³-hybridized carbons (Fsp3) is 0.500. The lowest BCUT2D eigenvalue weighted by Gasteiger charge is -2.07. The molecule has 0 aromatic carbocycles. The maximum atomic E-state index is 8.70. The summed E-state index contributed by atoms with van der Waals surface area (Å²) < 4.78 is 0. The molecule has 0 fully saturated rings. The smallest absolute Gasteiger partial charge is 0.226 e. The molecule has 0 bridgehead atoms. The Hall–Kier alpha value is -1.89. The Morgan fingerprint density at radius 1 is 1.35 bits per heavy atom. The average molecular weight is 236 g/mol. The van der Waals surface area contributed by atoms with Crippen molar-refractivity contribution in [2.75, 3.05) is 30.8 Å². The van der Waals surface area contributed by atoms with E-state index >= 15 is 0 Å². The Balaban J connectivity index is 2.16. The quantitative estimate of drug-likeness (QED) is 0.548. The van der Waals surface area contributed by atoms with Gasteiger partial charge in [0.2, 0.25) is 5.95 Å². The third-order valence-electron chi connectivity index (χ3n) is 2.39. The number of anilines is 2. The molecule has 2 rings (SSSR count). The van der Waals surface area contributed by atoms with Gasteiger partial charge in [-0.3, -0.25) is 0 Å². The zero-order chi connectivity index (χ0) is 12.1. The van der Waals surface area contributed by atoms with Crippen LogP contribution in [0.4, 0.5) is 11.8 Å². The van der Waals surface area contributed by atoms with Crippen LogP contribution in [0.25, 0.3) is 11.2 Å². The molecule has 0 aliphatic heterocycles. The minimum absolute atomic E-state index is 0.215. The van der Waals surface area contributed by atoms with Crippen LogP contribution < -0.4 is 10.6 Å². The summed E-state index contributed by atoms with van der Waals surface area (Å²) in [6.07, 6.45) is 3.27.